The van der Waals surface area contributed by atoms with Crippen molar-refractivity contribution < 1.29 is 9.84 Å². The molecule has 0 aliphatic carbocycles. The highest BCUT2D eigenvalue weighted by atomic mass is 32.1. The van der Waals surface area contributed by atoms with E-state index in [-0.39, 0.29) is 6.61 Å². The van der Waals surface area contributed by atoms with E-state index in [9.17, 15) is 0 Å². The largest absolute Gasteiger partial charge is 0.493 e. The molecule has 1 heterocycles. The van der Waals surface area contributed by atoms with Crippen molar-refractivity contribution in [3.8, 4) is 16.3 Å². The Morgan fingerprint density at radius 3 is 2.61 bits per heavy atom. The summed E-state index contributed by atoms with van der Waals surface area (Å²) in [6.45, 7) is 0.676. The Morgan fingerprint density at radius 1 is 1.13 bits per heavy atom. The number of benzene rings is 2. The predicted octanol–water partition coefficient (Wildman–Crippen LogP) is 3.79. The molecule has 1 aromatic heterocycles. The van der Waals surface area contributed by atoms with Gasteiger partial charge >= 0.3 is 0 Å². The van der Waals surface area contributed by atoms with Crippen molar-refractivity contribution >= 4 is 27.2 Å². The van der Waals surface area contributed by atoms with Gasteiger partial charge in [-0.3, -0.25) is 0 Å². The van der Waals surface area contributed by atoms with Gasteiger partial charge in [-0.25, -0.2) is 4.98 Å². The summed E-state index contributed by atoms with van der Waals surface area (Å²) < 4.78 is 6.73. The summed E-state index contributed by atoms with van der Waals surface area (Å²) in [5, 5.41) is 9.82. The molecule has 5 heteroatoms. The van der Waals surface area contributed by atoms with Crippen LogP contribution in [0, 0.1) is 0 Å². The average Bonchev–Trinajstić information content (AvgIpc) is 2.98. The minimum atomic E-state index is 0.149. The minimum Gasteiger partial charge on any atom is -0.493 e. The van der Waals surface area contributed by atoms with Gasteiger partial charge in [0.15, 0.2) is 0 Å². The predicted molar refractivity (Wildman–Crippen MR) is 96.6 cm³/mol. The van der Waals surface area contributed by atoms with Crippen molar-refractivity contribution in [2.75, 3.05) is 32.2 Å². The maximum absolute atomic E-state index is 8.81. The fourth-order valence-electron chi connectivity index (χ4n) is 2.27. The van der Waals surface area contributed by atoms with Crippen LogP contribution >= 0.6 is 11.3 Å². The first-order chi connectivity index (χ1) is 11.2. The van der Waals surface area contributed by atoms with Crippen molar-refractivity contribution in [3.05, 3.63) is 42.5 Å². The average molecular weight is 328 g/mol. The van der Waals surface area contributed by atoms with Gasteiger partial charge in [0, 0.05) is 38.4 Å². The van der Waals surface area contributed by atoms with Gasteiger partial charge in [-0.15, -0.1) is 11.3 Å². The Bertz CT molecular complexity index is 781. The van der Waals surface area contributed by atoms with Gasteiger partial charge < -0.3 is 14.7 Å². The molecule has 0 atom stereocenters. The summed E-state index contributed by atoms with van der Waals surface area (Å²) in [6, 6.07) is 14.3. The molecule has 0 saturated carbocycles. The van der Waals surface area contributed by atoms with E-state index in [0.29, 0.717) is 13.0 Å². The molecule has 0 fully saturated rings. The van der Waals surface area contributed by atoms with Crippen LogP contribution < -0.4 is 9.64 Å². The smallest absolute Gasteiger partial charge is 0.124 e. The fourth-order valence-corrected chi connectivity index (χ4v) is 3.27. The normalized spacial score (nSPS) is 10.9. The Kier molecular flexibility index (Phi) is 4.79. The molecule has 23 heavy (non-hydrogen) atoms. The minimum absolute atomic E-state index is 0.149. The molecule has 1 N–H and O–H groups in total. The number of hydrogen-bond donors (Lipinski definition) is 1. The number of fused-ring (bicyclic) bond motifs is 1. The first-order valence-corrected chi connectivity index (χ1v) is 8.41. The summed E-state index contributed by atoms with van der Waals surface area (Å²) in [4.78, 5) is 6.79. The molecule has 2 aromatic carbocycles. The second-order valence-corrected chi connectivity index (χ2v) is 6.55. The quantitative estimate of drug-likeness (QED) is 0.699. The third kappa shape index (κ3) is 3.63. The van der Waals surface area contributed by atoms with Crippen LogP contribution in [-0.2, 0) is 0 Å². The maximum Gasteiger partial charge on any atom is 0.124 e. The molecular formula is C18H20N2O2S. The Balaban J connectivity index is 1.84. The number of aliphatic hydroxyl groups excluding tert-OH is 1. The van der Waals surface area contributed by atoms with Crippen molar-refractivity contribution in [1.29, 1.82) is 0 Å². The molecule has 0 aliphatic rings. The Hall–Kier alpha value is -2.11. The lowest BCUT2D eigenvalue weighted by Crippen LogP contribution is -2.07. The van der Waals surface area contributed by atoms with E-state index >= 15 is 0 Å². The van der Waals surface area contributed by atoms with Crippen molar-refractivity contribution in [3.63, 3.8) is 0 Å². The highest BCUT2D eigenvalue weighted by Gasteiger charge is 2.08. The first kappa shape index (κ1) is 15.8. The number of rotatable bonds is 6. The molecular weight excluding hydrogens is 308 g/mol. The van der Waals surface area contributed by atoms with Crippen molar-refractivity contribution in [2.45, 2.75) is 6.42 Å². The molecule has 0 radical (unpaired) electrons. The van der Waals surface area contributed by atoms with E-state index in [1.807, 2.05) is 32.3 Å². The summed E-state index contributed by atoms with van der Waals surface area (Å²) >= 11 is 1.66. The number of aliphatic hydroxyl groups is 1. The summed E-state index contributed by atoms with van der Waals surface area (Å²) in [5.41, 5.74) is 3.28. The van der Waals surface area contributed by atoms with Crippen LogP contribution in [0.4, 0.5) is 5.69 Å². The van der Waals surface area contributed by atoms with E-state index in [1.54, 1.807) is 11.3 Å². The van der Waals surface area contributed by atoms with Gasteiger partial charge in [0.05, 0.1) is 16.8 Å². The zero-order chi connectivity index (χ0) is 16.2. The van der Waals surface area contributed by atoms with Crippen LogP contribution in [0.25, 0.3) is 20.8 Å². The fraction of sp³-hybridized carbons (Fsp3) is 0.278. The lowest BCUT2D eigenvalue weighted by molar-refractivity contribution is 0.234. The summed E-state index contributed by atoms with van der Waals surface area (Å²) in [5.74, 6) is 0.823. The van der Waals surface area contributed by atoms with Crippen LogP contribution in [0.3, 0.4) is 0 Å². The highest BCUT2D eigenvalue weighted by molar-refractivity contribution is 7.21. The summed E-state index contributed by atoms with van der Waals surface area (Å²) in [6.07, 6.45) is 0.643. The van der Waals surface area contributed by atoms with Crippen molar-refractivity contribution in [2.24, 2.45) is 0 Å². The van der Waals surface area contributed by atoms with E-state index in [0.717, 1.165) is 26.5 Å². The Labute approximate surface area is 140 Å². The maximum atomic E-state index is 8.81. The second-order valence-electron chi connectivity index (χ2n) is 5.52. The summed E-state index contributed by atoms with van der Waals surface area (Å²) in [7, 11) is 4.07. The van der Waals surface area contributed by atoms with Gasteiger partial charge in [-0.2, -0.15) is 0 Å². The molecule has 120 valence electrons. The first-order valence-electron chi connectivity index (χ1n) is 7.59. The van der Waals surface area contributed by atoms with E-state index in [4.69, 9.17) is 14.8 Å². The van der Waals surface area contributed by atoms with Gasteiger partial charge in [-0.05, 0) is 42.5 Å². The van der Waals surface area contributed by atoms with Gasteiger partial charge in [0.25, 0.3) is 0 Å². The van der Waals surface area contributed by atoms with E-state index in [1.165, 1.54) is 5.69 Å². The van der Waals surface area contributed by atoms with Crippen LogP contribution in [0.5, 0.6) is 5.75 Å². The number of anilines is 1. The van der Waals surface area contributed by atoms with Crippen LogP contribution in [0.15, 0.2) is 42.5 Å². The monoisotopic (exact) mass is 328 g/mol. The van der Waals surface area contributed by atoms with E-state index in [2.05, 4.69) is 29.2 Å². The number of hydrogen-bond acceptors (Lipinski definition) is 5. The molecule has 3 rings (SSSR count). The molecule has 0 saturated heterocycles. The SMILES string of the molecule is CN(C)c1ccc(-c2nc3ccc(OCCCO)cc3s2)cc1. The number of ether oxygens (including phenoxy) is 1. The van der Waals surface area contributed by atoms with Gasteiger partial charge in [-0.1, -0.05) is 0 Å². The topological polar surface area (TPSA) is 45.6 Å². The molecule has 0 bridgehead atoms. The zero-order valence-corrected chi connectivity index (χ0v) is 14.1. The molecule has 0 spiro atoms. The molecule has 0 unspecified atom stereocenters. The lowest BCUT2D eigenvalue weighted by atomic mass is 10.2. The zero-order valence-electron chi connectivity index (χ0n) is 13.3. The van der Waals surface area contributed by atoms with Gasteiger partial charge in [0.1, 0.15) is 10.8 Å². The second kappa shape index (κ2) is 6.98. The standard InChI is InChI=1S/C18H20N2O2S/c1-20(2)14-6-4-13(5-7-14)18-19-16-9-8-15(12-17(16)23-18)22-11-3-10-21/h4-9,12,21H,3,10-11H2,1-2H3. The Morgan fingerprint density at radius 2 is 1.91 bits per heavy atom. The molecule has 0 amide bonds. The van der Waals surface area contributed by atoms with Gasteiger partial charge in [0.2, 0.25) is 0 Å². The number of thiazole rings is 1. The molecule has 0 aliphatic heterocycles. The van der Waals surface area contributed by atoms with Crippen molar-refractivity contribution in [1.82, 2.24) is 4.98 Å². The van der Waals surface area contributed by atoms with Crippen LogP contribution in [-0.4, -0.2) is 37.4 Å². The number of aromatic nitrogens is 1. The number of nitrogens with zero attached hydrogens (tertiary/aromatic N) is 2. The van der Waals surface area contributed by atoms with Crippen LogP contribution in [0.2, 0.25) is 0 Å². The van der Waals surface area contributed by atoms with E-state index < -0.39 is 0 Å². The lowest BCUT2D eigenvalue weighted by Gasteiger charge is -2.11. The molecule has 4 nitrogen and oxygen atoms in total. The molecule has 3 aromatic rings. The highest BCUT2D eigenvalue weighted by Crippen LogP contribution is 2.33. The third-order valence-corrected chi connectivity index (χ3v) is 4.63. The third-order valence-electron chi connectivity index (χ3n) is 3.56. The van der Waals surface area contributed by atoms with Crippen LogP contribution in [0.1, 0.15) is 6.42 Å².